The molecular weight excluding hydrogens is 244 g/mol. The Balaban J connectivity index is 2.86. The van der Waals surface area contributed by atoms with Crippen molar-refractivity contribution in [1.82, 2.24) is 5.32 Å². The van der Waals surface area contributed by atoms with E-state index in [-0.39, 0.29) is 11.9 Å². The van der Waals surface area contributed by atoms with E-state index in [1.165, 1.54) is 7.11 Å². The van der Waals surface area contributed by atoms with Crippen LogP contribution in [0.3, 0.4) is 0 Å². The highest BCUT2D eigenvalue weighted by Crippen LogP contribution is 2.28. The van der Waals surface area contributed by atoms with Gasteiger partial charge < -0.3 is 20.5 Å². The van der Waals surface area contributed by atoms with Gasteiger partial charge in [0, 0.05) is 18.2 Å². The van der Waals surface area contributed by atoms with Crippen LogP contribution in [-0.4, -0.2) is 32.2 Å². The Morgan fingerprint density at radius 2 is 2.26 bits per heavy atom. The molecule has 0 aromatic heterocycles. The van der Waals surface area contributed by atoms with E-state index in [0.29, 0.717) is 30.2 Å². The Hall–Kier alpha value is -2.01. The number of amides is 1. The van der Waals surface area contributed by atoms with Gasteiger partial charge >= 0.3 is 0 Å². The van der Waals surface area contributed by atoms with Crippen molar-refractivity contribution >= 4 is 5.91 Å². The first-order valence-corrected chi connectivity index (χ1v) is 6.05. The van der Waals surface area contributed by atoms with Gasteiger partial charge in [-0.25, -0.2) is 0 Å². The van der Waals surface area contributed by atoms with Crippen LogP contribution in [0.15, 0.2) is 30.9 Å². The van der Waals surface area contributed by atoms with E-state index in [9.17, 15) is 4.79 Å². The number of hydrogen-bond donors (Lipinski definition) is 2. The number of carbonyl (C=O) groups is 1. The molecule has 1 aromatic carbocycles. The van der Waals surface area contributed by atoms with E-state index in [4.69, 9.17) is 15.2 Å². The largest absolute Gasteiger partial charge is 0.493 e. The molecule has 0 heterocycles. The fourth-order valence-corrected chi connectivity index (χ4v) is 1.44. The lowest BCUT2D eigenvalue weighted by molar-refractivity contribution is 0.0941. The minimum atomic E-state index is -0.188. The molecule has 0 aliphatic carbocycles. The van der Waals surface area contributed by atoms with Gasteiger partial charge in [-0.15, -0.1) is 0 Å². The summed E-state index contributed by atoms with van der Waals surface area (Å²) in [5, 5.41) is 2.78. The van der Waals surface area contributed by atoms with E-state index in [1.807, 2.05) is 6.92 Å². The summed E-state index contributed by atoms with van der Waals surface area (Å²) >= 11 is 0. The van der Waals surface area contributed by atoms with Gasteiger partial charge in [0.25, 0.3) is 5.91 Å². The minimum absolute atomic E-state index is 0.0739. The third-order valence-electron chi connectivity index (χ3n) is 2.51. The van der Waals surface area contributed by atoms with Crippen LogP contribution in [0.2, 0.25) is 0 Å². The van der Waals surface area contributed by atoms with Crippen LogP contribution in [-0.2, 0) is 0 Å². The third kappa shape index (κ3) is 4.30. The summed E-state index contributed by atoms with van der Waals surface area (Å²) in [5.74, 6) is 0.896. The van der Waals surface area contributed by atoms with E-state index < -0.39 is 0 Å². The number of ether oxygens (including phenoxy) is 2. The molecule has 0 fully saturated rings. The predicted octanol–water partition coefficient (Wildman–Crippen LogP) is 1.34. The topological polar surface area (TPSA) is 73.6 Å². The number of hydrogen-bond acceptors (Lipinski definition) is 4. The normalized spacial score (nSPS) is 11.5. The lowest BCUT2D eigenvalue weighted by Gasteiger charge is -2.13. The SMILES string of the molecule is C=CCOc1ccc(C(=O)N[C@@H](C)CN)cc1OC. The van der Waals surface area contributed by atoms with Crippen LogP contribution < -0.4 is 20.5 Å². The number of methoxy groups -OCH3 is 1. The second kappa shape index (κ2) is 7.43. The van der Waals surface area contributed by atoms with E-state index in [2.05, 4.69) is 11.9 Å². The molecule has 0 saturated heterocycles. The first kappa shape index (κ1) is 15.0. The van der Waals surface area contributed by atoms with Gasteiger partial charge in [-0.1, -0.05) is 12.7 Å². The average Bonchev–Trinajstić information content (AvgIpc) is 2.44. The quantitative estimate of drug-likeness (QED) is 0.729. The monoisotopic (exact) mass is 264 g/mol. The Bertz CT molecular complexity index is 446. The van der Waals surface area contributed by atoms with E-state index in [0.717, 1.165) is 0 Å². The van der Waals surface area contributed by atoms with Gasteiger partial charge in [0.05, 0.1) is 7.11 Å². The highest BCUT2D eigenvalue weighted by molar-refractivity contribution is 5.95. The van der Waals surface area contributed by atoms with Crippen molar-refractivity contribution in [2.75, 3.05) is 20.3 Å². The molecule has 1 amide bonds. The maximum absolute atomic E-state index is 11.9. The lowest BCUT2D eigenvalue weighted by atomic mass is 10.1. The molecule has 104 valence electrons. The Kier molecular flexibility index (Phi) is 5.89. The molecule has 5 heteroatoms. The minimum Gasteiger partial charge on any atom is -0.493 e. The fourth-order valence-electron chi connectivity index (χ4n) is 1.44. The number of benzene rings is 1. The molecule has 0 unspecified atom stereocenters. The van der Waals surface area contributed by atoms with Gasteiger partial charge in [0.1, 0.15) is 6.61 Å². The molecule has 0 saturated carbocycles. The Morgan fingerprint density at radius 1 is 1.53 bits per heavy atom. The summed E-state index contributed by atoms with van der Waals surface area (Å²) in [6.45, 7) is 6.19. The van der Waals surface area contributed by atoms with Gasteiger partial charge in [0.2, 0.25) is 0 Å². The summed E-state index contributed by atoms with van der Waals surface area (Å²) in [5.41, 5.74) is 5.97. The molecule has 0 bridgehead atoms. The van der Waals surface area contributed by atoms with Crippen molar-refractivity contribution in [3.8, 4) is 11.5 Å². The van der Waals surface area contributed by atoms with Crippen molar-refractivity contribution in [1.29, 1.82) is 0 Å². The van der Waals surface area contributed by atoms with Crippen LogP contribution in [0.1, 0.15) is 17.3 Å². The van der Waals surface area contributed by atoms with Crippen molar-refractivity contribution in [2.45, 2.75) is 13.0 Å². The fraction of sp³-hybridized carbons (Fsp3) is 0.357. The van der Waals surface area contributed by atoms with Gasteiger partial charge in [-0.2, -0.15) is 0 Å². The summed E-state index contributed by atoms with van der Waals surface area (Å²) < 4.78 is 10.6. The first-order valence-electron chi connectivity index (χ1n) is 6.05. The van der Waals surface area contributed by atoms with Crippen LogP contribution in [0.4, 0.5) is 0 Å². The highest BCUT2D eigenvalue weighted by Gasteiger charge is 2.12. The smallest absolute Gasteiger partial charge is 0.251 e. The molecular formula is C14H20N2O3. The van der Waals surface area contributed by atoms with E-state index >= 15 is 0 Å². The number of nitrogens with two attached hydrogens (primary N) is 1. The van der Waals surface area contributed by atoms with E-state index in [1.54, 1.807) is 24.3 Å². The molecule has 0 aliphatic rings. The molecule has 1 rings (SSSR count). The molecule has 1 aromatic rings. The second-order valence-electron chi connectivity index (χ2n) is 4.08. The maximum atomic E-state index is 11.9. The average molecular weight is 264 g/mol. The first-order chi connectivity index (χ1) is 9.12. The molecule has 19 heavy (non-hydrogen) atoms. The van der Waals surface area contributed by atoms with Crippen LogP contribution in [0.5, 0.6) is 11.5 Å². The zero-order valence-electron chi connectivity index (χ0n) is 11.3. The standard InChI is InChI=1S/C14H20N2O3/c1-4-7-19-12-6-5-11(8-13(12)18-3)14(17)16-10(2)9-15/h4-6,8,10H,1,7,9,15H2,2-3H3,(H,16,17)/t10-/m0/s1. The zero-order chi connectivity index (χ0) is 14.3. The maximum Gasteiger partial charge on any atom is 0.251 e. The summed E-state index contributed by atoms with van der Waals surface area (Å²) in [7, 11) is 1.53. The van der Waals surface area contributed by atoms with Crippen molar-refractivity contribution in [3.63, 3.8) is 0 Å². The van der Waals surface area contributed by atoms with Gasteiger partial charge in [-0.05, 0) is 25.1 Å². The number of carbonyl (C=O) groups excluding carboxylic acids is 1. The summed E-state index contributed by atoms with van der Waals surface area (Å²) in [6, 6.07) is 4.94. The molecule has 0 spiro atoms. The highest BCUT2D eigenvalue weighted by atomic mass is 16.5. The molecule has 5 nitrogen and oxygen atoms in total. The number of nitrogens with one attached hydrogen (secondary N) is 1. The third-order valence-corrected chi connectivity index (χ3v) is 2.51. The zero-order valence-corrected chi connectivity index (χ0v) is 11.3. The summed E-state index contributed by atoms with van der Waals surface area (Å²) in [4.78, 5) is 11.9. The molecule has 0 aliphatic heterocycles. The van der Waals surface area contributed by atoms with Crippen LogP contribution >= 0.6 is 0 Å². The van der Waals surface area contributed by atoms with Gasteiger partial charge in [-0.3, -0.25) is 4.79 Å². The van der Waals surface area contributed by atoms with Gasteiger partial charge in [0.15, 0.2) is 11.5 Å². The van der Waals surface area contributed by atoms with Crippen molar-refractivity contribution in [3.05, 3.63) is 36.4 Å². The number of rotatable bonds is 7. The lowest BCUT2D eigenvalue weighted by Crippen LogP contribution is -2.37. The van der Waals surface area contributed by atoms with Crippen LogP contribution in [0.25, 0.3) is 0 Å². The second-order valence-corrected chi connectivity index (χ2v) is 4.08. The Labute approximate surface area is 113 Å². The summed E-state index contributed by atoms with van der Waals surface area (Å²) in [6.07, 6.45) is 1.64. The van der Waals surface area contributed by atoms with Crippen LogP contribution in [0, 0.1) is 0 Å². The Morgan fingerprint density at radius 3 is 2.84 bits per heavy atom. The molecule has 0 radical (unpaired) electrons. The van der Waals surface area contributed by atoms with Crippen molar-refractivity contribution in [2.24, 2.45) is 5.73 Å². The van der Waals surface area contributed by atoms with Crippen molar-refractivity contribution < 1.29 is 14.3 Å². The molecule has 1 atom stereocenters. The predicted molar refractivity (Wildman–Crippen MR) is 74.7 cm³/mol. The molecule has 3 N–H and O–H groups in total.